The highest BCUT2D eigenvalue weighted by atomic mass is 16.5. The van der Waals surface area contributed by atoms with Crippen LogP contribution in [-0.4, -0.2) is 38.5 Å². The molecule has 0 radical (unpaired) electrons. The van der Waals surface area contributed by atoms with Crippen LogP contribution in [0.2, 0.25) is 0 Å². The first kappa shape index (κ1) is 18.4. The SMILES string of the molecule is COc1ccc2nc(CN3CCc4c(nc(-c5ccncc5)[nH]c4=O)C3)ccc2c1. The lowest BCUT2D eigenvalue weighted by Gasteiger charge is -2.27. The predicted octanol–water partition coefficient (Wildman–Crippen LogP) is 2.95. The van der Waals surface area contributed by atoms with Gasteiger partial charge in [-0.05, 0) is 42.8 Å². The van der Waals surface area contributed by atoms with Crippen molar-refractivity contribution in [1.82, 2.24) is 24.8 Å². The van der Waals surface area contributed by atoms with Crippen LogP contribution in [0.1, 0.15) is 17.0 Å². The van der Waals surface area contributed by atoms with Crippen LogP contribution in [0.5, 0.6) is 5.75 Å². The minimum absolute atomic E-state index is 0.0516. The second kappa shape index (κ2) is 7.68. The normalized spacial score (nSPS) is 13.9. The molecule has 4 aromatic rings. The Morgan fingerprint density at radius 1 is 1.10 bits per heavy atom. The molecule has 1 N–H and O–H groups in total. The Morgan fingerprint density at radius 2 is 1.97 bits per heavy atom. The Hall–Kier alpha value is -3.58. The van der Waals surface area contributed by atoms with Crippen molar-refractivity contribution in [2.24, 2.45) is 0 Å². The van der Waals surface area contributed by atoms with Crippen LogP contribution in [0.15, 0.2) is 59.7 Å². The molecule has 0 fully saturated rings. The van der Waals surface area contributed by atoms with Gasteiger partial charge in [0, 0.05) is 48.5 Å². The Labute approximate surface area is 173 Å². The Balaban J connectivity index is 1.39. The molecular formula is C23H21N5O2. The van der Waals surface area contributed by atoms with E-state index in [0.29, 0.717) is 25.3 Å². The summed E-state index contributed by atoms with van der Waals surface area (Å²) in [5.41, 5.74) is 4.36. The molecule has 3 aromatic heterocycles. The van der Waals surface area contributed by atoms with Crippen LogP contribution >= 0.6 is 0 Å². The number of aromatic nitrogens is 4. The number of nitrogens with zero attached hydrogens (tertiary/aromatic N) is 4. The fourth-order valence-corrected chi connectivity index (χ4v) is 3.87. The lowest BCUT2D eigenvalue weighted by molar-refractivity contribution is 0.238. The maximum Gasteiger partial charge on any atom is 0.254 e. The summed E-state index contributed by atoms with van der Waals surface area (Å²) < 4.78 is 5.28. The molecule has 5 rings (SSSR count). The molecular weight excluding hydrogens is 378 g/mol. The van der Waals surface area contributed by atoms with Crippen LogP contribution in [0.4, 0.5) is 0 Å². The largest absolute Gasteiger partial charge is 0.497 e. The van der Waals surface area contributed by atoms with Crippen LogP contribution in [0.25, 0.3) is 22.3 Å². The number of ether oxygens (including phenoxy) is 1. The van der Waals surface area contributed by atoms with E-state index >= 15 is 0 Å². The first-order valence-corrected chi connectivity index (χ1v) is 9.88. The number of aromatic amines is 1. The first-order chi connectivity index (χ1) is 14.7. The van der Waals surface area contributed by atoms with Gasteiger partial charge in [0.15, 0.2) is 0 Å². The van der Waals surface area contributed by atoms with E-state index in [9.17, 15) is 4.79 Å². The molecule has 0 amide bonds. The number of fused-ring (bicyclic) bond motifs is 2. The summed E-state index contributed by atoms with van der Waals surface area (Å²) in [7, 11) is 1.66. The number of benzene rings is 1. The van der Waals surface area contributed by atoms with Gasteiger partial charge in [-0.2, -0.15) is 0 Å². The molecule has 0 aliphatic carbocycles. The first-order valence-electron chi connectivity index (χ1n) is 9.88. The number of nitrogens with one attached hydrogen (secondary N) is 1. The summed E-state index contributed by atoms with van der Waals surface area (Å²) in [4.78, 5) is 31.3. The number of hydrogen-bond acceptors (Lipinski definition) is 6. The van der Waals surface area contributed by atoms with E-state index in [1.807, 2.05) is 36.4 Å². The van der Waals surface area contributed by atoms with E-state index in [-0.39, 0.29) is 5.56 Å². The molecule has 150 valence electrons. The minimum atomic E-state index is -0.0516. The van der Waals surface area contributed by atoms with Gasteiger partial charge in [-0.15, -0.1) is 0 Å². The van der Waals surface area contributed by atoms with Crippen LogP contribution in [-0.2, 0) is 19.5 Å². The Morgan fingerprint density at radius 3 is 2.80 bits per heavy atom. The van der Waals surface area contributed by atoms with Gasteiger partial charge in [0.2, 0.25) is 0 Å². The molecule has 1 aliphatic heterocycles. The molecule has 4 heterocycles. The lowest BCUT2D eigenvalue weighted by atomic mass is 10.1. The molecule has 0 saturated carbocycles. The highest BCUT2D eigenvalue weighted by molar-refractivity contribution is 5.80. The fraction of sp³-hybridized carbons (Fsp3) is 0.217. The maximum atomic E-state index is 12.6. The molecule has 0 spiro atoms. The minimum Gasteiger partial charge on any atom is -0.497 e. The highest BCUT2D eigenvalue weighted by Crippen LogP contribution is 2.22. The summed E-state index contributed by atoms with van der Waals surface area (Å²) >= 11 is 0. The fourth-order valence-electron chi connectivity index (χ4n) is 3.87. The third-order valence-electron chi connectivity index (χ3n) is 5.45. The Bertz CT molecular complexity index is 1270. The van der Waals surface area contributed by atoms with E-state index < -0.39 is 0 Å². The van der Waals surface area contributed by atoms with Crippen molar-refractivity contribution in [2.75, 3.05) is 13.7 Å². The smallest absolute Gasteiger partial charge is 0.254 e. The molecule has 7 nitrogen and oxygen atoms in total. The van der Waals surface area contributed by atoms with Crippen molar-refractivity contribution in [3.8, 4) is 17.1 Å². The van der Waals surface area contributed by atoms with Gasteiger partial charge in [-0.3, -0.25) is 19.7 Å². The summed E-state index contributed by atoms with van der Waals surface area (Å²) in [6.07, 6.45) is 4.07. The maximum absolute atomic E-state index is 12.6. The van der Waals surface area contributed by atoms with Gasteiger partial charge in [-0.1, -0.05) is 6.07 Å². The molecule has 0 saturated heterocycles. The molecule has 1 aromatic carbocycles. The molecule has 30 heavy (non-hydrogen) atoms. The van der Waals surface area contributed by atoms with Gasteiger partial charge < -0.3 is 9.72 Å². The van der Waals surface area contributed by atoms with Crippen molar-refractivity contribution in [2.45, 2.75) is 19.5 Å². The van der Waals surface area contributed by atoms with E-state index in [2.05, 4.69) is 20.9 Å². The summed E-state index contributed by atoms with van der Waals surface area (Å²) in [5, 5.41) is 1.05. The number of pyridine rings is 2. The quantitative estimate of drug-likeness (QED) is 0.568. The van der Waals surface area contributed by atoms with Crippen molar-refractivity contribution in [1.29, 1.82) is 0 Å². The molecule has 0 bridgehead atoms. The van der Waals surface area contributed by atoms with Crippen molar-refractivity contribution < 1.29 is 4.74 Å². The average molecular weight is 399 g/mol. The zero-order valence-corrected chi connectivity index (χ0v) is 16.6. The monoisotopic (exact) mass is 399 g/mol. The van der Waals surface area contributed by atoms with E-state index in [4.69, 9.17) is 14.7 Å². The predicted molar refractivity (Wildman–Crippen MR) is 114 cm³/mol. The number of rotatable bonds is 4. The van der Waals surface area contributed by atoms with E-state index in [1.54, 1.807) is 19.5 Å². The van der Waals surface area contributed by atoms with Gasteiger partial charge in [0.05, 0.1) is 24.0 Å². The van der Waals surface area contributed by atoms with Gasteiger partial charge in [0.25, 0.3) is 5.56 Å². The van der Waals surface area contributed by atoms with Crippen LogP contribution in [0.3, 0.4) is 0 Å². The average Bonchev–Trinajstić information content (AvgIpc) is 2.79. The van der Waals surface area contributed by atoms with Crippen LogP contribution < -0.4 is 10.3 Å². The molecule has 1 aliphatic rings. The van der Waals surface area contributed by atoms with Gasteiger partial charge >= 0.3 is 0 Å². The summed E-state index contributed by atoms with van der Waals surface area (Å²) in [6.45, 7) is 2.13. The standard InChI is InChI=1S/C23H21N5O2/c1-30-18-4-5-20-16(12-18)2-3-17(25-20)13-28-11-8-19-21(14-28)26-22(27-23(19)29)15-6-9-24-10-7-15/h2-7,9-10,12H,8,11,13-14H2,1H3,(H,26,27,29). The number of H-pyrrole nitrogens is 1. The third-order valence-corrected chi connectivity index (χ3v) is 5.45. The summed E-state index contributed by atoms with van der Waals surface area (Å²) in [5.74, 6) is 1.41. The second-order valence-corrected chi connectivity index (χ2v) is 7.40. The molecule has 7 heteroatoms. The number of hydrogen-bond donors (Lipinski definition) is 1. The van der Waals surface area contributed by atoms with Crippen LogP contribution in [0, 0.1) is 0 Å². The van der Waals surface area contributed by atoms with Gasteiger partial charge in [0.1, 0.15) is 11.6 Å². The van der Waals surface area contributed by atoms with E-state index in [0.717, 1.165) is 45.7 Å². The highest BCUT2D eigenvalue weighted by Gasteiger charge is 2.22. The lowest BCUT2D eigenvalue weighted by Crippen LogP contribution is -2.35. The number of methoxy groups -OCH3 is 1. The topological polar surface area (TPSA) is 84.0 Å². The second-order valence-electron chi connectivity index (χ2n) is 7.40. The van der Waals surface area contributed by atoms with Crippen molar-refractivity contribution >= 4 is 10.9 Å². The zero-order valence-electron chi connectivity index (χ0n) is 16.6. The zero-order chi connectivity index (χ0) is 20.5. The van der Waals surface area contributed by atoms with Gasteiger partial charge in [-0.25, -0.2) is 4.98 Å². The third kappa shape index (κ3) is 3.55. The molecule has 0 unspecified atom stereocenters. The Kier molecular flexibility index (Phi) is 4.72. The van der Waals surface area contributed by atoms with Crippen molar-refractivity contribution in [3.63, 3.8) is 0 Å². The van der Waals surface area contributed by atoms with Crippen molar-refractivity contribution in [3.05, 3.63) is 82.2 Å². The molecule has 0 atom stereocenters. The van der Waals surface area contributed by atoms with E-state index in [1.165, 1.54) is 0 Å². The summed E-state index contributed by atoms with van der Waals surface area (Å²) in [6, 6.07) is 13.7.